The van der Waals surface area contributed by atoms with Gasteiger partial charge in [0.05, 0.1) is 12.7 Å². The van der Waals surface area contributed by atoms with Crippen molar-refractivity contribution in [1.29, 1.82) is 0 Å². The molecule has 0 spiro atoms. The standard InChI is InChI=1S/C24H36N6O6/c31-21(29-19(23(33)34)11-17-13-25-15-27-17)9-7-5-3-1-2-4-6-8-10-22(32)30-20(24(35)36)12-18-14-26-16-28-18/h13-16,19-20H,1-12H2,(H,25,27)(H,26,28)(H,29,31)(H,30,32)(H,33,34)(H,35,36)/t19-,20-/m0/s1. The van der Waals surface area contributed by atoms with E-state index in [1.165, 1.54) is 25.0 Å². The van der Waals surface area contributed by atoms with E-state index in [2.05, 4.69) is 30.6 Å². The van der Waals surface area contributed by atoms with Crippen molar-refractivity contribution in [2.75, 3.05) is 0 Å². The molecule has 0 saturated heterocycles. The number of carboxylic acids is 2. The highest BCUT2D eigenvalue weighted by atomic mass is 16.4. The van der Waals surface area contributed by atoms with Crippen LogP contribution in [0.25, 0.3) is 0 Å². The summed E-state index contributed by atoms with van der Waals surface area (Å²) in [4.78, 5) is 60.2. The number of hydrogen-bond donors (Lipinski definition) is 6. The summed E-state index contributed by atoms with van der Waals surface area (Å²) in [5.41, 5.74) is 1.30. The smallest absolute Gasteiger partial charge is 0.326 e. The Bertz CT molecular complexity index is 855. The van der Waals surface area contributed by atoms with Gasteiger partial charge in [0.2, 0.25) is 11.8 Å². The molecule has 0 aliphatic rings. The molecule has 36 heavy (non-hydrogen) atoms. The molecule has 6 N–H and O–H groups in total. The molecule has 0 radical (unpaired) electrons. The lowest BCUT2D eigenvalue weighted by molar-refractivity contribution is -0.142. The van der Waals surface area contributed by atoms with Crippen LogP contribution in [0.3, 0.4) is 0 Å². The molecule has 0 saturated carbocycles. The van der Waals surface area contributed by atoms with Crippen LogP contribution >= 0.6 is 0 Å². The Labute approximate surface area is 209 Å². The number of aromatic nitrogens is 4. The Hall–Kier alpha value is -3.70. The van der Waals surface area contributed by atoms with Gasteiger partial charge in [0.15, 0.2) is 0 Å². The maximum absolute atomic E-state index is 12.1. The number of carbonyl (C=O) groups is 4. The molecule has 2 rings (SSSR count). The maximum Gasteiger partial charge on any atom is 0.326 e. The van der Waals surface area contributed by atoms with Crippen molar-refractivity contribution in [2.45, 2.75) is 89.1 Å². The van der Waals surface area contributed by atoms with E-state index < -0.39 is 24.0 Å². The van der Waals surface area contributed by atoms with E-state index in [1.54, 1.807) is 0 Å². The number of aromatic amines is 2. The first-order valence-corrected chi connectivity index (χ1v) is 12.3. The third kappa shape index (κ3) is 11.6. The van der Waals surface area contributed by atoms with Crippen LogP contribution < -0.4 is 10.6 Å². The van der Waals surface area contributed by atoms with Gasteiger partial charge in [-0.05, 0) is 12.8 Å². The molecule has 2 amide bonds. The fraction of sp³-hybridized carbons (Fsp3) is 0.583. The van der Waals surface area contributed by atoms with Crippen molar-refractivity contribution in [3.63, 3.8) is 0 Å². The predicted octanol–water partition coefficient (Wildman–Crippen LogP) is 1.96. The van der Waals surface area contributed by atoms with Gasteiger partial charge in [0.1, 0.15) is 12.1 Å². The van der Waals surface area contributed by atoms with Gasteiger partial charge in [-0.1, -0.05) is 38.5 Å². The van der Waals surface area contributed by atoms with Crippen molar-refractivity contribution >= 4 is 23.8 Å². The molecule has 198 valence electrons. The zero-order chi connectivity index (χ0) is 26.2. The molecule has 0 bridgehead atoms. The lowest BCUT2D eigenvalue weighted by atomic mass is 10.1. The first-order chi connectivity index (χ1) is 17.3. The second kappa shape index (κ2) is 16.1. The quantitative estimate of drug-likeness (QED) is 0.156. The second-order valence-electron chi connectivity index (χ2n) is 8.81. The van der Waals surface area contributed by atoms with Gasteiger partial charge < -0.3 is 30.8 Å². The Morgan fingerprint density at radius 1 is 0.667 bits per heavy atom. The van der Waals surface area contributed by atoms with Gasteiger partial charge in [0.25, 0.3) is 0 Å². The third-order valence-corrected chi connectivity index (χ3v) is 5.78. The summed E-state index contributed by atoms with van der Waals surface area (Å²) in [6.07, 6.45) is 14.1. The molecule has 2 aromatic heterocycles. The molecule has 2 heterocycles. The molecule has 2 aromatic rings. The van der Waals surface area contributed by atoms with Crippen molar-refractivity contribution < 1.29 is 29.4 Å². The van der Waals surface area contributed by atoms with Crippen molar-refractivity contribution in [1.82, 2.24) is 30.6 Å². The highest BCUT2D eigenvalue weighted by Crippen LogP contribution is 2.11. The molecule has 2 atom stereocenters. The zero-order valence-electron chi connectivity index (χ0n) is 20.4. The molecule has 0 aliphatic heterocycles. The van der Waals surface area contributed by atoms with E-state index >= 15 is 0 Å². The molecular formula is C24H36N6O6. The van der Waals surface area contributed by atoms with E-state index in [1.807, 2.05) is 0 Å². The van der Waals surface area contributed by atoms with E-state index in [-0.39, 0.29) is 24.7 Å². The Morgan fingerprint density at radius 3 is 1.33 bits per heavy atom. The average Bonchev–Trinajstić information content (AvgIpc) is 3.53. The first kappa shape index (κ1) is 28.5. The average molecular weight is 505 g/mol. The number of nitrogens with one attached hydrogen (secondary N) is 4. The highest BCUT2D eigenvalue weighted by Gasteiger charge is 2.21. The lowest BCUT2D eigenvalue weighted by Gasteiger charge is -2.13. The normalized spacial score (nSPS) is 12.6. The van der Waals surface area contributed by atoms with Gasteiger partial charge in [-0.2, -0.15) is 0 Å². The second-order valence-corrected chi connectivity index (χ2v) is 8.81. The topological polar surface area (TPSA) is 190 Å². The number of carboxylic acid groups (broad SMARTS) is 2. The minimum atomic E-state index is -1.08. The van der Waals surface area contributed by atoms with Gasteiger partial charge in [-0.25, -0.2) is 19.6 Å². The molecule has 12 heteroatoms. The summed E-state index contributed by atoms with van der Waals surface area (Å²) in [6, 6.07) is -1.96. The van der Waals surface area contributed by atoms with E-state index in [4.69, 9.17) is 0 Å². The van der Waals surface area contributed by atoms with Crippen LogP contribution in [0, 0.1) is 0 Å². The minimum Gasteiger partial charge on any atom is -0.480 e. The number of unbranched alkanes of at least 4 members (excludes halogenated alkanes) is 7. The monoisotopic (exact) mass is 504 g/mol. The minimum absolute atomic E-state index is 0.161. The largest absolute Gasteiger partial charge is 0.480 e. The van der Waals surface area contributed by atoms with Crippen LogP contribution in [-0.4, -0.2) is 66.0 Å². The number of aliphatic carboxylic acids is 2. The number of carbonyl (C=O) groups excluding carboxylic acids is 2. The van der Waals surface area contributed by atoms with Crippen molar-refractivity contribution in [3.8, 4) is 0 Å². The maximum atomic E-state index is 12.1. The SMILES string of the molecule is O=C(CCCCCCCCCCC(=O)N[C@@H](Cc1cnc[nH]1)C(=O)O)N[C@@H](Cc1cnc[nH]1)C(=O)O. The van der Waals surface area contributed by atoms with Crippen LogP contribution in [0.15, 0.2) is 25.0 Å². The molecular weight excluding hydrogens is 468 g/mol. The van der Waals surface area contributed by atoms with Crippen LogP contribution in [-0.2, 0) is 32.0 Å². The molecule has 0 fully saturated rings. The number of imidazole rings is 2. The fourth-order valence-electron chi connectivity index (χ4n) is 3.80. The van der Waals surface area contributed by atoms with Gasteiger partial charge in [-0.15, -0.1) is 0 Å². The van der Waals surface area contributed by atoms with Crippen LogP contribution in [0.2, 0.25) is 0 Å². The highest BCUT2D eigenvalue weighted by molar-refractivity contribution is 5.84. The summed E-state index contributed by atoms with van der Waals surface area (Å²) in [6.45, 7) is 0. The molecule has 0 unspecified atom stereocenters. The lowest BCUT2D eigenvalue weighted by Crippen LogP contribution is -2.42. The number of hydrogen-bond acceptors (Lipinski definition) is 6. The van der Waals surface area contributed by atoms with Gasteiger partial charge in [-0.3, -0.25) is 9.59 Å². The van der Waals surface area contributed by atoms with E-state index in [9.17, 15) is 29.4 Å². The first-order valence-electron chi connectivity index (χ1n) is 12.3. The van der Waals surface area contributed by atoms with Crippen LogP contribution in [0.5, 0.6) is 0 Å². The summed E-state index contributed by atoms with van der Waals surface area (Å²) in [5, 5.41) is 23.7. The van der Waals surface area contributed by atoms with Crippen LogP contribution in [0.4, 0.5) is 0 Å². The Kier molecular flexibility index (Phi) is 12.7. The fourth-order valence-corrected chi connectivity index (χ4v) is 3.80. The molecule has 12 nitrogen and oxygen atoms in total. The Balaban J connectivity index is 1.46. The summed E-state index contributed by atoms with van der Waals surface area (Å²) >= 11 is 0. The Morgan fingerprint density at radius 2 is 1.03 bits per heavy atom. The zero-order valence-corrected chi connectivity index (χ0v) is 20.4. The number of rotatable bonds is 19. The summed E-state index contributed by atoms with van der Waals surface area (Å²) in [7, 11) is 0. The molecule has 0 aromatic carbocycles. The van der Waals surface area contributed by atoms with Crippen molar-refractivity contribution in [3.05, 3.63) is 36.4 Å². The summed E-state index contributed by atoms with van der Waals surface area (Å²) in [5.74, 6) is -2.69. The van der Waals surface area contributed by atoms with E-state index in [0.717, 1.165) is 38.5 Å². The number of amides is 2. The number of nitrogens with zero attached hydrogens (tertiary/aromatic N) is 2. The number of H-pyrrole nitrogens is 2. The summed E-state index contributed by atoms with van der Waals surface area (Å²) < 4.78 is 0. The van der Waals surface area contributed by atoms with Gasteiger partial charge >= 0.3 is 11.9 Å². The molecule has 0 aliphatic carbocycles. The predicted molar refractivity (Wildman–Crippen MR) is 130 cm³/mol. The van der Waals surface area contributed by atoms with Crippen molar-refractivity contribution in [2.24, 2.45) is 0 Å². The third-order valence-electron chi connectivity index (χ3n) is 5.78. The van der Waals surface area contributed by atoms with Crippen LogP contribution in [0.1, 0.15) is 75.6 Å². The van der Waals surface area contributed by atoms with E-state index in [0.29, 0.717) is 37.1 Å². The van der Waals surface area contributed by atoms with Gasteiger partial charge in [0, 0.05) is 49.5 Å².